The van der Waals surface area contributed by atoms with Crippen molar-refractivity contribution >= 4 is 23.2 Å². The van der Waals surface area contributed by atoms with Crippen LogP contribution in [0, 0.1) is 0 Å². The third-order valence-corrected chi connectivity index (χ3v) is 4.77. The number of aromatic nitrogens is 3. The molecule has 0 bridgehead atoms. The highest BCUT2D eigenvalue weighted by Gasteiger charge is 2.23. The van der Waals surface area contributed by atoms with E-state index < -0.39 is 0 Å². The molecule has 3 aromatic rings. The molecule has 8 heteroatoms. The number of benzene rings is 1. The summed E-state index contributed by atoms with van der Waals surface area (Å²) in [6.45, 7) is 2.74. The van der Waals surface area contributed by atoms with Crippen molar-refractivity contribution in [1.29, 1.82) is 0 Å². The second-order valence-electron chi connectivity index (χ2n) is 5.75. The molecule has 0 saturated carbocycles. The van der Waals surface area contributed by atoms with E-state index in [4.69, 9.17) is 4.74 Å². The maximum Gasteiger partial charge on any atom is 0.278 e. The Hall–Kier alpha value is -3.00. The minimum atomic E-state index is 0.0272. The molecule has 0 N–H and O–H groups in total. The molecule has 132 valence electrons. The zero-order chi connectivity index (χ0) is 17.8. The lowest BCUT2D eigenvalue weighted by molar-refractivity contribution is 0.0746. The molecule has 7 nitrogen and oxygen atoms in total. The third-order valence-electron chi connectivity index (χ3n) is 4.12. The molecule has 4 rings (SSSR count). The van der Waals surface area contributed by atoms with Crippen LogP contribution in [0.3, 0.4) is 0 Å². The van der Waals surface area contributed by atoms with E-state index in [1.54, 1.807) is 48.9 Å². The molecule has 0 unspecified atom stereocenters. The molecule has 1 aromatic carbocycles. The van der Waals surface area contributed by atoms with E-state index in [0.717, 1.165) is 13.1 Å². The topological polar surface area (TPSA) is 71.5 Å². The minimum Gasteiger partial charge on any atom is -0.431 e. The molecular formula is C18H17N5O2S. The van der Waals surface area contributed by atoms with Gasteiger partial charge in [-0.05, 0) is 30.3 Å². The maximum atomic E-state index is 12.7. The van der Waals surface area contributed by atoms with Crippen molar-refractivity contribution in [2.24, 2.45) is 0 Å². The van der Waals surface area contributed by atoms with Gasteiger partial charge in [-0.1, -0.05) is 11.3 Å². The van der Waals surface area contributed by atoms with E-state index in [0.29, 0.717) is 35.5 Å². The summed E-state index contributed by atoms with van der Waals surface area (Å²) in [7, 11) is 0. The van der Waals surface area contributed by atoms with Crippen LogP contribution < -0.4 is 9.64 Å². The van der Waals surface area contributed by atoms with Crippen LogP contribution in [-0.4, -0.2) is 51.9 Å². The lowest BCUT2D eigenvalue weighted by Crippen LogP contribution is -2.49. The Morgan fingerprint density at radius 1 is 0.962 bits per heavy atom. The zero-order valence-electron chi connectivity index (χ0n) is 14.0. The Labute approximate surface area is 154 Å². The molecule has 0 atom stereocenters. The van der Waals surface area contributed by atoms with Gasteiger partial charge >= 0.3 is 0 Å². The van der Waals surface area contributed by atoms with Gasteiger partial charge in [0.25, 0.3) is 11.1 Å². The Morgan fingerprint density at radius 2 is 1.69 bits per heavy atom. The van der Waals surface area contributed by atoms with Gasteiger partial charge < -0.3 is 14.5 Å². The summed E-state index contributed by atoms with van der Waals surface area (Å²) in [6, 6.07) is 8.96. The number of hydrogen-bond acceptors (Lipinski definition) is 7. The Morgan fingerprint density at radius 3 is 2.35 bits per heavy atom. The predicted octanol–water partition coefficient (Wildman–Crippen LogP) is 2.69. The Balaban J connectivity index is 1.36. The number of rotatable bonds is 4. The van der Waals surface area contributed by atoms with E-state index in [1.165, 1.54) is 11.3 Å². The second-order valence-corrected chi connectivity index (χ2v) is 6.61. The number of ether oxygens (including phenoxy) is 1. The van der Waals surface area contributed by atoms with E-state index in [-0.39, 0.29) is 5.91 Å². The highest BCUT2D eigenvalue weighted by molar-refractivity contribution is 7.11. The number of nitrogens with zero attached hydrogens (tertiary/aromatic N) is 5. The number of thiazole rings is 1. The quantitative estimate of drug-likeness (QED) is 0.706. The highest BCUT2D eigenvalue weighted by Crippen LogP contribution is 2.24. The standard InChI is InChI=1S/C18H17N5O2S/c24-16(14-2-4-15(5-3-14)25-18-21-8-13-26-18)22-9-11-23(12-10-22)17-19-6-1-7-20-17/h1-8,13H,9-12H2. The van der Waals surface area contributed by atoms with Crippen molar-refractivity contribution in [2.75, 3.05) is 31.1 Å². The van der Waals surface area contributed by atoms with Crippen LogP contribution in [0.1, 0.15) is 10.4 Å². The van der Waals surface area contributed by atoms with Crippen molar-refractivity contribution in [2.45, 2.75) is 0 Å². The van der Waals surface area contributed by atoms with Crippen molar-refractivity contribution in [3.63, 3.8) is 0 Å². The lowest BCUT2D eigenvalue weighted by Gasteiger charge is -2.34. The molecule has 0 spiro atoms. The molecule has 2 aromatic heterocycles. The molecular weight excluding hydrogens is 350 g/mol. The molecule has 26 heavy (non-hydrogen) atoms. The fourth-order valence-corrected chi connectivity index (χ4v) is 3.28. The summed E-state index contributed by atoms with van der Waals surface area (Å²) in [6.07, 6.45) is 5.16. The summed E-state index contributed by atoms with van der Waals surface area (Å²) in [5.41, 5.74) is 0.654. The van der Waals surface area contributed by atoms with Gasteiger partial charge in [0.2, 0.25) is 5.95 Å². The van der Waals surface area contributed by atoms with Gasteiger partial charge in [0, 0.05) is 55.7 Å². The maximum absolute atomic E-state index is 12.7. The summed E-state index contributed by atoms with van der Waals surface area (Å²) >= 11 is 1.43. The number of carbonyl (C=O) groups excluding carboxylic acids is 1. The van der Waals surface area contributed by atoms with Crippen LogP contribution in [0.4, 0.5) is 5.95 Å². The summed E-state index contributed by atoms with van der Waals surface area (Å²) < 4.78 is 5.62. The van der Waals surface area contributed by atoms with Crippen LogP contribution in [0.2, 0.25) is 0 Å². The van der Waals surface area contributed by atoms with Gasteiger partial charge in [-0.25, -0.2) is 15.0 Å². The summed E-state index contributed by atoms with van der Waals surface area (Å²) in [4.78, 5) is 29.3. The fraction of sp³-hybridized carbons (Fsp3) is 0.222. The van der Waals surface area contributed by atoms with Crippen molar-refractivity contribution < 1.29 is 9.53 Å². The number of amides is 1. The normalized spacial score (nSPS) is 14.3. The van der Waals surface area contributed by atoms with Crippen molar-refractivity contribution in [3.8, 4) is 10.9 Å². The average Bonchev–Trinajstić information content (AvgIpc) is 3.22. The van der Waals surface area contributed by atoms with E-state index in [9.17, 15) is 4.79 Å². The molecule has 1 saturated heterocycles. The van der Waals surface area contributed by atoms with Crippen molar-refractivity contribution in [1.82, 2.24) is 19.9 Å². The summed E-state index contributed by atoms with van der Waals surface area (Å²) in [5, 5.41) is 2.44. The second kappa shape index (κ2) is 7.49. The number of piperazine rings is 1. The Bertz CT molecular complexity index is 847. The first kappa shape index (κ1) is 16.5. The number of hydrogen-bond donors (Lipinski definition) is 0. The summed E-state index contributed by atoms with van der Waals surface area (Å²) in [5.74, 6) is 1.41. The fourth-order valence-electron chi connectivity index (χ4n) is 2.77. The lowest BCUT2D eigenvalue weighted by atomic mass is 10.1. The highest BCUT2D eigenvalue weighted by atomic mass is 32.1. The molecule has 0 radical (unpaired) electrons. The minimum absolute atomic E-state index is 0.0272. The van der Waals surface area contributed by atoms with Gasteiger partial charge in [-0.15, -0.1) is 0 Å². The van der Waals surface area contributed by atoms with Crippen LogP contribution in [0.25, 0.3) is 0 Å². The van der Waals surface area contributed by atoms with Crippen LogP contribution in [0.5, 0.6) is 10.9 Å². The van der Waals surface area contributed by atoms with Crippen LogP contribution in [0.15, 0.2) is 54.3 Å². The molecule has 3 heterocycles. The average molecular weight is 367 g/mol. The van der Waals surface area contributed by atoms with E-state index in [2.05, 4.69) is 19.9 Å². The third kappa shape index (κ3) is 3.65. The molecule has 1 amide bonds. The monoisotopic (exact) mass is 367 g/mol. The first-order valence-corrected chi connectivity index (χ1v) is 9.16. The number of carbonyl (C=O) groups is 1. The van der Waals surface area contributed by atoms with E-state index >= 15 is 0 Å². The van der Waals surface area contributed by atoms with Gasteiger partial charge in [0.05, 0.1) is 0 Å². The zero-order valence-corrected chi connectivity index (χ0v) is 14.8. The molecule has 1 aliphatic heterocycles. The van der Waals surface area contributed by atoms with E-state index in [1.807, 2.05) is 10.3 Å². The number of anilines is 1. The van der Waals surface area contributed by atoms with Crippen molar-refractivity contribution in [3.05, 3.63) is 59.9 Å². The predicted molar refractivity (Wildman–Crippen MR) is 98.8 cm³/mol. The SMILES string of the molecule is O=C(c1ccc(Oc2nccs2)cc1)N1CCN(c2ncccn2)CC1. The molecule has 0 aliphatic carbocycles. The largest absolute Gasteiger partial charge is 0.431 e. The van der Waals surface area contributed by atoms with Gasteiger partial charge in [-0.3, -0.25) is 4.79 Å². The first-order valence-electron chi connectivity index (χ1n) is 8.28. The first-order chi connectivity index (χ1) is 12.8. The van der Waals surface area contributed by atoms with Gasteiger partial charge in [0.1, 0.15) is 5.75 Å². The van der Waals surface area contributed by atoms with Gasteiger partial charge in [0.15, 0.2) is 0 Å². The van der Waals surface area contributed by atoms with Gasteiger partial charge in [-0.2, -0.15) is 0 Å². The Kier molecular flexibility index (Phi) is 4.74. The molecule has 1 aliphatic rings. The van der Waals surface area contributed by atoms with Crippen LogP contribution in [-0.2, 0) is 0 Å². The molecule has 1 fully saturated rings. The smallest absolute Gasteiger partial charge is 0.278 e. The van der Waals surface area contributed by atoms with Crippen LogP contribution >= 0.6 is 11.3 Å².